The molecule has 22 heavy (non-hydrogen) atoms. The summed E-state index contributed by atoms with van der Waals surface area (Å²) >= 11 is 0. The van der Waals surface area contributed by atoms with Gasteiger partial charge < -0.3 is 5.32 Å². The third-order valence-electron chi connectivity index (χ3n) is 3.94. The number of nitrogens with zero attached hydrogens (tertiary/aromatic N) is 1. The summed E-state index contributed by atoms with van der Waals surface area (Å²) in [5, 5.41) is 6.51. The van der Waals surface area contributed by atoms with Crippen LogP contribution in [0.1, 0.15) is 43.2 Å². The molecule has 1 saturated carbocycles. The minimum absolute atomic E-state index is 0.413. The molecule has 0 spiro atoms. The van der Waals surface area contributed by atoms with E-state index in [2.05, 4.69) is 15.8 Å². The lowest BCUT2D eigenvalue weighted by atomic mass is 9.90. The van der Waals surface area contributed by atoms with E-state index >= 15 is 0 Å². The topological polar surface area (TPSA) is 70.6 Å². The molecule has 0 unspecified atom stereocenters. The Bertz CT molecular complexity index is 575. The van der Waals surface area contributed by atoms with Crippen LogP contribution in [0.5, 0.6) is 0 Å². The first kappa shape index (κ1) is 16.2. The molecular formula is C17H23N3O2. The average molecular weight is 301 g/mol. The van der Waals surface area contributed by atoms with Crippen LogP contribution < -0.4 is 10.7 Å². The van der Waals surface area contributed by atoms with E-state index in [9.17, 15) is 9.59 Å². The van der Waals surface area contributed by atoms with Crippen molar-refractivity contribution in [3.05, 3.63) is 29.3 Å². The summed E-state index contributed by atoms with van der Waals surface area (Å²) in [6.07, 6.45) is 7.65. The molecule has 1 aliphatic rings. The van der Waals surface area contributed by atoms with Crippen LogP contribution in [0.15, 0.2) is 23.3 Å². The van der Waals surface area contributed by atoms with Gasteiger partial charge in [-0.15, -0.1) is 0 Å². The Morgan fingerprint density at radius 1 is 1.14 bits per heavy atom. The van der Waals surface area contributed by atoms with Crippen LogP contribution in [0, 0.1) is 19.8 Å². The van der Waals surface area contributed by atoms with Crippen molar-refractivity contribution < 1.29 is 9.59 Å². The molecule has 1 aromatic carbocycles. The van der Waals surface area contributed by atoms with Crippen LogP contribution in [0.2, 0.25) is 0 Å². The van der Waals surface area contributed by atoms with E-state index in [1.165, 1.54) is 19.3 Å². The zero-order valence-corrected chi connectivity index (χ0v) is 13.2. The first-order valence-electron chi connectivity index (χ1n) is 7.78. The van der Waals surface area contributed by atoms with E-state index in [4.69, 9.17) is 0 Å². The second-order valence-corrected chi connectivity index (χ2v) is 5.89. The van der Waals surface area contributed by atoms with Gasteiger partial charge in [0.25, 0.3) is 0 Å². The molecule has 0 atom stereocenters. The van der Waals surface area contributed by atoms with Crippen LogP contribution in [-0.4, -0.2) is 18.0 Å². The lowest BCUT2D eigenvalue weighted by Crippen LogP contribution is -2.32. The zero-order chi connectivity index (χ0) is 15.9. The Morgan fingerprint density at radius 2 is 1.86 bits per heavy atom. The molecule has 2 rings (SSSR count). The van der Waals surface area contributed by atoms with Crippen molar-refractivity contribution in [3.8, 4) is 0 Å². The minimum Gasteiger partial charge on any atom is -0.317 e. The SMILES string of the molecule is Cc1ccc(NC(=O)C(=O)N/N=C\C2CCCCC2)c(C)c1. The van der Waals surface area contributed by atoms with Crippen LogP contribution in [0.3, 0.4) is 0 Å². The lowest BCUT2D eigenvalue weighted by molar-refractivity contribution is -0.136. The van der Waals surface area contributed by atoms with Gasteiger partial charge >= 0.3 is 11.8 Å². The molecule has 0 aromatic heterocycles. The van der Waals surface area contributed by atoms with Gasteiger partial charge in [-0.3, -0.25) is 9.59 Å². The number of benzene rings is 1. The second-order valence-electron chi connectivity index (χ2n) is 5.89. The quantitative estimate of drug-likeness (QED) is 0.512. The highest BCUT2D eigenvalue weighted by molar-refractivity contribution is 6.39. The molecule has 0 saturated heterocycles. The number of hydrogen-bond acceptors (Lipinski definition) is 3. The molecule has 1 aromatic rings. The Labute approximate surface area is 131 Å². The third kappa shape index (κ3) is 4.69. The van der Waals surface area contributed by atoms with Crippen molar-refractivity contribution in [1.29, 1.82) is 0 Å². The predicted molar refractivity (Wildman–Crippen MR) is 87.8 cm³/mol. The van der Waals surface area contributed by atoms with E-state index in [0.717, 1.165) is 24.0 Å². The lowest BCUT2D eigenvalue weighted by Gasteiger charge is -2.16. The molecule has 2 N–H and O–H groups in total. The maximum atomic E-state index is 11.8. The van der Waals surface area contributed by atoms with E-state index < -0.39 is 11.8 Å². The first-order valence-corrected chi connectivity index (χ1v) is 7.78. The van der Waals surface area contributed by atoms with E-state index in [-0.39, 0.29) is 0 Å². The van der Waals surface area contributed by atoms with Crippen molar-refractivity contribution in [2.75, 3.05) is 5.32 Å². The smallest absolute Gasteiger partial charge is 0.317 e. The highest BCUT2D eigenvalue weighted by Crippen LogP contribution is 2.21. The van der Waals surface area contributed by atoms with Crippen LogP contribution in [0.25, 0.3) is 0 Å². The Kier molecular flexibility index (Phi) is 5.69. The van der Waals surface area contributed by atoms with Crippen LogP contribution in [0.4, 0.5) is 5.69 Å². The molecule has 118 valence electrons. The number of hydrazone groups is 1. The number of anilines is 1. The highest BCUT2D eigenvalue weighted by Gasteiger charge is 2.15. The standard InChI is InChI=1S/C17H23N3O2/c1-12-8-9-15(13(2)10-12)19-16(21)17(22)20-18-11-14-6-4-3-5-7-14/h8-11,14H,3-7H2,1-2H3,(H,19,21)(H,20,22)/b18-11-. The number of nitrogens with one attached hydrogen (secondary N) is 2. The summed E-state index contributed by atoms with van der Waals surface area (Å²) in [5.41, 5.74) is 4.97. The number of carbonyl (C=O) groups is 2. The molecule has 1 aliphatic carbocycles. The van der Waals surface area contributed by atoms with Gasteiger partial charge in [0.1, 0.15) is 0 Å². The Hall–Kier alpha value is -2.17. The molecule has 2 amide bonds. The largest absolute Gasteiger partial charge is 0.329 e. The van der Waals surface area contributed by atoms with Gasteiger partial charge in [-0.25, -0.2) is 5.43 Å². The number of amides is 2. The van der Waals surface area contributed by atoms with Crippen molar-refractivity contribution in [2.24, 2.45) is 11.0 Å². The van der Waals surface area contributed by atoms with Gasteiger partial charge in [-0.05, 0) is 44.2 Å². The van der Waals surface area contributed by atoms with Gasteiger partial charge in [-0.2, -0.15) is 5.10 Å². The number of carbonyl (C=O) groups excluding carboxylic acids is 2. The maximum Gasteiger partial charge on any atom is 0.329 e. The normalized spacial score (nSPS) is 15.7. The maximum absolute atomic E-state index is 11.8. The third-order valence-corrected chi connectivity index (χ3v) is 3.94. The zero-order valence-electron chi connectivity index (χ0n) is 13.2. The van der Waals surface area contributed by atoms with Crippen molar-refractivity contribution >= 4 is 23.7 Å². The van der Waals surface area contributed by atoms with Crippen molar-refractivity contribution in [3.63, 3.8) is 0 Å². The summed E-state index contributed by atoms with van der Waals surface area (Å²) in [5.74, 6) is -1.03. The average Bonchev–Trinajstić information content (AvgIpc) is 2.51. The van der Waals surface area contributed by atoms with Crippen LogP contribution in [-0.2, 0) is 9.59 Å². The Balaban J connectivity index is 1.84. The van der Waals surface area contributed by atoms with Gasteiger partial charge in [0.15, 0.2) is 0 Å². The monoisotopic (exact) mass is 301 g/mol. The molecular weight excluding hydrogens is 278 g/mol. The van der Waals surface area contributed by atoms with Crippen molar-refractivity contribution in [1.82, 2.24) is 5.43 Å². The summed E-state index contributed by atoms with van der Waals surface area (Å²) in [7, 11) is 0. The van der Waals surface area contributed by atoms with E-state index in [1.807, 2.05) is 26.0 Å². The highest BCUT2D eigenvalue weighted by atomic mass is 16.2. The number of hydrogen-bond donors (Lipinski definition) is 2. The summed E-state index contributed by atoms with van der Waals surface area (Å²) < 4.78 is 0. The fourth-order valence-corrected chi connectivity index (χ4v) is 2.67. The molecule has 0 aliphatic heterocycles. The fraction of sp³-hybridized carbons (Fsp3) is 0.471. The molecule has 5 nitrogen and oxygen atoms in total. The second kappa shape index (κ2) is 7.73. The summed E-state index contributed by atoms with van der Waals surface area (Å²) in [6, 6.07) is 5.64. The molecule has 0 bridgehead atoms. The van der Waals surface area contributed by atoms with Gasteiger partial charge in [0, 0.05) is 11.9 Å². The summed E-state index contributed by atoms with van der Waals surface area (Å²) in [6.45, 7) is 3.87. The number of aryl methyl sites for hydroxylation is 2. The van der Waals surface area contributed by atoms with Crippen LogP contribution >= 0.6 is 0 Å². The minimum atomic E-state index is -0.743. The van der Waals surface area contributed by atoms with E-state index in [0.29, 0.717) is 11.6 Å². The molecule has 0 radical (unpaired) electrons. The molecule has 5 heteroatoms. The van der Waals surface area contributed by atoms with Gasteiger partial charge in [0.2, 0.25) is 0 Å². The first-order chi connectivity index (χ1) is 10.6. The molecule has 0 heterocycles. The Morgan fingerprint density at radius 3 is 2.55 bits per heavy atom. The van der Waals surface area contributed by atoms with E-state index in [1.54, 1.807) is 12.3 Å². The number of rotatable bonds is 3. The van der Waals surface area contributed by atoms with Gasteiger partial charge in [0.05, 0.1) is 0 Å². The summed E-state index contributed by atoms with van der Waals surface area (Å²) in [4.78, 5) is 23.6. The fourth-order valence-electron chi connectivity index (χ4n) is 2.67. The molecule has 1 fully saturated rings. The predicted octanol–water partition coefficient (Wildman–Crippen LogP) is 2.92. The van der Waals surface area contributed by atoms with Gasteiger partial charge in [-0.1, -0.05) is 37.0 Å². The van der Waals surface area contributed by atoms with Crippen molar-refractivity contribution in [2.45, 2.75) is 46.0 Å².